The molecule has 0 fully saturated rings. The molecular weight excluding hydrogens is 308 g/mol. The van der Waals surface area contributed by atoms with E-state index in [4.69, 9.17) is 9.26 Å². The molecule has 0 bridgehead atoms. The zero-order valence-corrected chi connectivity index (χ0v) is 13.4. The van der Waals surface area contributed by atoms with Crippen LogP contribution in [0.2, 0.25) is 0 Å². The largest absolute Gasteiger partial charge is 0.383 e. The number of anilines is 2. The third-order valence-corrected chi connectivity index (χ3v) is 4.47. The molecule has 2 aromatic heterocycles. The van der Waals surface area contributed by atoms with Crippen molar-refractivity contribution in [1.29, 1.82) is 0 Å². The topological polar surface area (TPSA) is 106 Å². The molecule has 9 heteroatoms. The van der Waals surface area contributed by atoms with Crippen LogP contribution in [0.5, 0.6) is 0 Å². The number of hydrogen-bond donors (Lipinski definition) is 2. The highest BCUT2D eigenvalue weighted by Crippen LogP contribution is 2.21. The molecule has 0 aromatic carbocycles. The summed E-state index contributed by atoms with van der Waals surface area (Å²) in [6.45, 7) is 4.33. The Labute approximate surface area is 128 Å². The lowest BCUT2D eigenvalue weighted by molar-refractivity contribution is 0.211. The fraction of sp³-hybridized carbons (Fsp3) is 0.385. The lowest BCUT2D eigenvalue weighted by atomic mass is 10.4. The highest BCUT2D eigenvalue weighted by Gasteiger charge is 2.24. The summed E-state index contributed by atoms with van der Waals surface area (Å²) in [6.07, 6.45) is 1.54. The van der Waals surface area contributed by atoms with Crippen molar-refractivity contribution in [3.05, 3.63) is 29.8 Å². The van der Waals surface area contributed by atoms with Gasteiger partial charge in [0.2, 0.25) is 0 Å². The van der Waals surface area contributed by atoms with Crippen molar-refractivity contribution in [1.82, 2.24) is 10.1 Å². The van der Waals surface area contributed by atoms with E-state index in [2.05, 4.69) is 20.2 Å². The van der Waals surface area contributed by atoms with Crippen molar-refractivity contribution in [2.24, 2.45) is 0 Å². The van der Waals surface area contributed by atoms with E-state index in [1.165, 1.54) is 0 Å². The molecule has 0 aliphatic carbocycles. The molecule has 2 N–H and O–H groups in total. The van der Waals surface area contributed by atoms with Crippen molar-refractivity contribution < 1.29 is 17.7 Å². The second-order valence-electron chi connectivity index (χ2n) is 4.61. The summed E-state index contributed by atoms with van der Waals surface area (Å²) in [7, 11) is -2.16. The molecule has 0 aliphatic heterocycles. The number of hydrogen-bond acceptors (Lipinski definition) is 7. The molecule has 0 aliphatic rings. The quantitative estimate of drug-likeness (QED) is 0.743. The molecule has 0 amide bonds. The van der Waals surface area contributed by atoms with Crippen LogP contribution in [0.3, 0.4) is 0 Å². The zero-order chi connectivity index (χ0) is 16.2. The molecular formula is C13H18N4O4S. The highest BCUT2D eigenvalue weighted by molar-refractivity contribution is 7.92. The lowest BCUT2D eigenvalue weighted by Crippen LogP contribution is -2.15. The van der Waals surface area contributed by atoms with Gasteiger partial charge in [0.05, 0.1) is 18.5 Å². The zero-order valence-electron chi connectivity index (χ0n) is 12.6. The van der Waals surface area contributed by atoms with Gasteiger partial charge in [0, 0.05) is 13.7 Å². The maximum Gasteiger partial charge on any atom is 0.268 e. The summed E-state index contributed by atoms with van der Waals surface area (Å²) in [5, 5.41) is 6.74. The summed E-state index contributed by atoms with van der Waals surface area (Å²) in [4.78, 5) is 4.11. The Kier molecular flexibility index (Phi) is 4.99. The summed E-state index contributed by atoms with van der Waals surface area (Å²) in [5.41, 5.74) is 1.08. The van der Waals surface area contributed by atoms with Crippen LogP contribution in [0, 0.1) is 13.8 Å². The van der Waals surface area contributed by atoms with Crippen LogP contribution in [0.15, 0.2) is 27.7 Å². The van der Waals surface area contributed by atoms with Gasteiger partial charge in [-0.1, -0.05) is 5.16 Å². The standard InChI is InChI=1S/C13H18N4O4S/c1-9-13(10(2)21-16-9)22(18,19)17-12-5-4-11(8-15-12)14-6-7-20-3/h4-5,8,14H,6-7H2,1-3H3,(H,15,17). The van der Waals surface area contributed by atoms with Crippen molar-refractivity contribution in [2.75, 3.05) is 30.3 Å². The van der Waals surface area contributed by atoms with E-state index in [9.17, 15) is 8.42 Å². The summed E-state index contributed by atoms with van der Waals surface area (Å²) >= 11 is 0. The van der Waals surface area contributed by atoms with Gasteiger partial charge in [0.25, 0.3) is 10.0 Å². The SMILES string of the molecule is COCCNc1ccc(NS(=O)(=O)c2c(C)noc2C)nc1. The molecule has 0 saturated heterocycles. The summed E-state index contributed by atoms with van der Waals surface area (Å²) in [6, 6.07) is 3.30. The molecule has 2 rings (SSSR count). The normalized spacial score (nSPS) is 11.4. The van der Waals surface area contributed by atoms with E-state index in [1.54, 1.807) is 39.3 Å². The summed E-state index contributed by atoms with van der Waals surface area (Å²) < 4.78 is 36.8. The van der Waals surface area contributed by atoms with E-state index < -0.39 is 10.0 Å². The van der Waals surface area contributed by atoms with Gasteiger partial charge in [-0.3, -0.25) is 4.72 Å². The predicted octanol–water partition coefficient (Wildman–Crippen LogP) is 1.55. The Morgan fingerprint density at radius 2 is 2.09 bits per heavy atom. The van der Waals surface area contributed by atoms with Crippen molar-refractivity contribution in [3.8, 4) is 0 Å². The molecule has 8 nitrogen and oxygen atoms in total. The van der Waals surface area contributed by atoms with Crippen molar-refractivity contribution in [3.63, 3.8) is 0 Å². The van der Waals surface area contributed by atoms with Gasteiger partial charge in [0.15, 0.2) is 10.7 Å². The van der Waals surface area contributed by atoms with Crippen molar-refractivity contribution >= 4 is 21.5 Å². The first-order valence-electron chi connectivity index (χ1n) is 6.58. The molecule has 22 heavy (non-hydrogen) atoms. The number of methoxy groups -OCH3 is 1. The number of pyridine rings is 1. The first kappa shape index (κ1) is 16.2. The number of ether oxygens (including phenoxy) is 1. The average molecular weight is 326 g/mol. The number of nitrogens with zero attached hydrogens (tertiary/aromatic N) is 2. The van der Waals surface area contributed by atoms with Gasteiger partial charge in [-0.2, -0.15) is 0 Å². The molecule has 2 aromatic rings. The van der Waals surface area contributed by atoms with Gasteiger partial charge in [-0.05, 0) is 26.0 Å². The Morgan fingerprint density at radius 1 is 1.32 bits per heavy atom. The first-order valence-corrected chi connectivity index (χ1v) is 8.07. The molecule has 2 heterocycles. The van der Waals surface area contributed by atoms with Crippen LogP contribution in [0.1, 0.15) is 11.5 Å². The van der Waals surface area contributed by atoms with Gasteiger partial charge >= 0.3 is 0 Å². The number of aryl methyl sites for hydroxylation is 2. The number of nitrogens with one attached hydrogen (secondary N) is 2. The van der Waals surface area contributed by atoms with Crippen LogP contribution >= 0.6 is 0 Å². The fourth-order valence-electron chi connectivity index (χ4n) is 1.90. The van der Waals surface area contributed by atoms with Crippen LogP contribution in [-0.4, -0.2) is 38.8 Å². The minimum absolute atomic E-state index is 0.0385. The van der Waals surface area contributed by atoms with E-state index in [1.807, 2.05) is 0 Å². The average Bonchev–Trinajstić information content (AvgIpc) is 2.81. The maximum atomic E-state index is 12.3. The van der Waals surface area contributed by atoms with E-state index in [0.717, 1.165) is 5.69 Å². The number of rotatable bonds is 7. The molecule has 120 valence electrons. The number of sulfonamides is 1. The Morgan fingerprint density at radius 3 is 2.64 bits per heavy atom. The van der Waals surface area contributed by atoms with Crippen LogP contribution < -0.4 is 10.0 Å². The minimum Gasteiger partial charge on any atom is -0.383 e. The minimum atomic E-state index is -3.77. The van der Waals surface area contributed by atoms with Crippen LogP contribution in [-0.2, 0) is 14.8 Å². The Hall–Kier alpha value is -2.13. The third-order valence-electron chi connectivity index (χ3n) is 2.87. The van der Waals surface area contributed by atoms with Crippen LogP contribution in [0.4, 0.5) is 11.5 Å². The first-order chi connectivity index (χ1) is 10.4. The summed E-state index contributed by atoms with van der Waals surface area (Å²) in [5.74, 6) is 0.458. The predicted molar refractivity (Wildman–Crippen MR) is 81.4 cm³/mol. The van der Waals surface area contributed by atoms with Gasteiger partial charge < -0.3 is 14.6 Å². The second kappa shape index (κ2) is 6.75. The van der Waals surface area contributed by atoms with E-state index in [0.29, 0.717) is 18.8 Å². The van der Waals surface area contributed by atoms with Gasteiger partial charge in [-0.25, -0.2) is 13.4 Å². The van der Waals surface area contributed by atoms with E-state index in [-0.39, 0.29) is 16.5 Å². The Balaban J connectivity index is 2.10. The second-order valence-corrected chi connectivity index (χ2v) is 6.23. The Bertz CT molecular complexity index is 705. The monoisotopic (exact) mass is 326 g/mol. The van der Waals surface area contributed by atoms with E-state index >= 15 is 0 Å². The third kappa shape index (κ3) is 3.74. The smallest absolute Gasteiger partial charge is 0.268 e. The molecule has 0 atom stereocenters. The van der Waals surface area contributed by atoms with Crippen molar-refractivity contribution in [2.45, 2.75) is 18.7 Å². The highest BCUT2D eigenvalue weighted by atomic mass is 32.2. The number of aromatic nitrogens is 2. The fourth-order valence-corrected chi connectivity index (χ4v) is 3.24. The lowest BCUT2D eigenvalue weighted by Gasteiger charge is -2.08. The van der Waals surface area contributed by atoms with Gasteiger partial charge in [0.1, 0.15) is 11.5 Å². The van der Waals surface area contributed by atoms with Gasteiger partial charge in [-0.15, -0.1) is 0 Å². The molecule has 0 spiro atoms. The molecule has 0 radical (unpaired) electrons. The van der Waals surface area contributed by atoms with Crippen LogP contribution in [0.25, 0.3) is 0 Å². The molecule has 0 unspecified atom stereocenters. The molecule has 0 saturated carbocycles. The maximum absolute atomic E-state index is 12.3.